The van der Waals surface area contributed by atoms with Crippen LogP contribution in [0.25, 0.3) is 0 Å². The predicted octanol–water partition coefficient (Wildman–Crippen LogP) is 0.760. The first kappa shape index (κ1) is 14.8. The number of carbonyl (C=O) groups is 3. The number of nitrogens with zero attached hydrogens (tertiary/aromatic N) is 1. The van der Waals surface area contributed by atoms with Crippen molar-refractivity contribution in [2.45, 2.75) is 44.9 Å². The monoisotopic (exact) mass is 282 g/mol. The molecule has 20 heavy (non-hydrogen) atoms. The topological polar surface area (TPSA) is 86.7 Å². The van der Waals surface area contributed by atoms with Crippen molar-refractivity contribution in [3.05, 3.63) is 0 Å². The van der Waals surface area contributed by atoms with Crippen molar-refractivity contribution in [3.8, 4) is 0 Å². The van der Waals surface area contributed by atoms with Crippen molar-refractivity contribution in [3.63, 3.8) is 0 Å². The van der Waals surface area contributed by atoms with Gasteiger partial charge >= 0.3 is 5.97 Å². The van der Waals surface area contributed by atoms with Crippen LogP contribution in [0.1, 0.15) is 44.9 Å². The second-order valence-corrected chi connectivity index (χ2v) is 5.84. The van der Waals surface area contributed by atoms with Gasteiger partial charge in [-0.3, -0.25) is 14.4 Å². The molecule has 1 aliphatic carbocycles. The summed E-state index contributed by atoms with van der Waals surface area (Å²) in [6.45, 7) is 0.972. The Kier molecular flexibility index (Phi) is 4.62. The Morgan fingerprint density at radius 2 is 1.85 bits per heavy atom. The number of carboxylic acid groups (broad SMARTS) is 1. The number of amides is 2. The van der Waals surface area contributed by atoms with E-state index in [9.17, 15) is 19.5 Å². The summed E-state index contributed by atoms with van der Waals surface area (Å²) in [5.74, 6) is -1.24. The molecule has 2 aliphatic rings. The zero-order valence-electron chi connectivity index (χ0n) is 11.7. The minimum absolute atomic E-state index is 0.0234. The van der Waals surface area contributed by atoms with E-state index in [1.165, 1.54) is 4.90 Å². The Bertz CT molecular complexity index is 400. The summed E-state index contributed by atoms with van der Waals surface area (Å²) in [5, 5.41) is 12.2. The molecule has 112 valence electrons. The van der Waals surface area contributed by atoms with Crippen molar-refractivity contribution in [2.24, 2.45) is 5.41 Å². The fourth-order valence-corrected chi connectivity index (χ4v) is 3.12. The molecule has 0 aromatic carbocycles. The molecular formula is C14H22N2O4. The highest BCUT2D eigenvalue weighted by atomic mass is 16.4. The van der Waals surface area contributed by atoms with E-state index in [4.69, 9.17) is 0 Å². The van der Waals surface area contributed by atoms with Crippen LogP contribution >= 0.6 is 0 Å². The molecule has 6 heteroatoms. The van der Waals surface area contributed by atoms with Gasteiger partial charge in [-0.05, 0) is 12.8 Å². The third kappa shape index (κ3) is 3.29. The van der Waals surface area contributed by atoms with E-state index in [2.05, 4.69) is 5.32 Å². The summed E-state index contributed by atoms with van der Waals surface area (Å²) in [6, 6.07) is 0. The largest absolute Gasteiger partial charge is 0.481 e. The van der Waals surface area contributed by atoms with Gasteiger partial charge in [-0.2, -0.15) is 0 Å². The van der Waals surface area contributed by atoms with Crippen LogP contribution in [0.5, 0.6) is 0 Å². The standard InChI is InChI=1S/C14H22N2O4/c17-11-10-16(8-7-15-11)12(18)9-14(13(19)20)5-3-1-2-4-6-14/h1-10H2,(H,15,17)(H,19,20). The SMILES string of the molecule is O=C1CN(C(=O)CC2(C(=O)O)CCCCCC2)CCN1. The number of rotatable bonds is 3. The molecule has 0 spiro atoms. The van der Waals surface area contributed by atoms with Gasteiger partial charge in [-0.25, -0.2) is 0 Å². The second kappa shape index (κ2) is 6.24. The van der Waals surface area contributed by atoms with Crippen LogP contribution in [0.2, 0.25) is 0 Å². The number of aliphatic carboxylic acids is 1. The maximum Gasteiger partial charge on any atom is 0.310 e. The first-order valence-corrected chi connectivity index (χ1v) is 7.31. The lowest BCUT2D eigenvalue weighted by Crippen LogP contribution is -2.51. The van der Waals surface area contributed by atoms with Crippen LogP contribution in [0.4, 0.5) is 0 Å². The Balaban J connectivity index is 2.05. The normalized spacial score (nSPS) is 22.8. The third-order valence-electron chi connectivity index (χ3n) is 4.40. The molecule has 2 N–H and O–H groups in total. The van der Waals surface area contributed by atoms with Gasteiger partial charge in [-0.15, -0.1) is 0 Å². The summed E-state index contributed by atoms with van der Waals surface area (Å²) in [5.41, 5.74) is -0.929. The van der Waals surface area contributed by atoms with Crippen LogP contribution in [-0.4, -0.2) is 47.4 Å². The molecule has 0 bridgehead atoms. The molecule has 2 fully saturated rings. The van der Waals surface area contributed by atoms with Crippen LogP contribution in [0, 0.1) is 5.41 Å². The molecule has 2 rings (SSSR count). The van der Waals surface area contributed by atoms with Gasteiger partial charge in [0.05, 0.1) is 12.0 Å². The average Bonchev–Trinajstić information content (AvgIpc) is 2.65. The quantitative estimate of drug-likeness (QED) is 0.748. The highest BCUT2D eigenvalue weighted by Gasteiger charge is 2.41. The zero-order valence-corrected chi connectivity index (χ0v) is 11.7. The van der Waals surface area contributed by atoms with E-state index in [-0.39, 0.29) is 24.8 Å². The molecular weight excluding hydrogens is 260 g/mol. The van der Waals surface area contributed by atoms with E-state index in [0.29, 0.717) is 25.9 Å². The van der Waals surface area contributed by atoms with Gasteiger partial charge in [0.15, 0.2) is 0 Å². The number of nitrogens with one attached hydrogen (secondary N) is 1. The number of piperazine rings is 1. The van der Waals surface area contributed by atoms with Gasteiger partial charge in [0.2, 0.25) is 11.8 Å². The minimum Gasteiger partial charge on any atom is -0.481 e. The third-order valence-corrected chi connectivity index (χ3v) is 4.40. The van der Waals surface area contributed by atoms with Crippen LogP contribution in [0.3, 0.4) is 0 Å². The van der Waals surface area contributed by atoms with Gasteiger partial charge in [0.25, 0.3) is 0 Å². The minimum atomic E-state index is -0.929. The van der Waals surface area contributed by atoms with Gasteiger partial charge < -0.3 is 15.3 Å². The lowest BCUT2D eigenvalue weighted by molar-refractivity contribution is -0.155. The van der Waals surface area contributed by atoms with Crippen molar-refractivity contribution in [1.29, 1.82) is 0 Å². The smallest absolute Gasteiger partial charge is 0.310 e. The average molecular weight is 282 g/mol. The molecule has 0 radical (unpaired) electrons. The summed E-state index contributed by atoms with van der Waals surface area (Å²) in [4.78, 5) is 36.8. The lowest BCUT2D eigenvalue weighted by Gasteiger charge is -2.32. The van der Waals surface area contributed by atoms with Gasteiger partial charge in [0.1, 0.15) is 0 Å². The number of hydrogen-bond donors (Lipinski definition) is 2. The first-order valence-electron chi connectivity index (χ1n) is 7.31. The van der Waals surface area contributed by atoms with Crippen LogP contribution < -0.4 is 5.32 Å². The van der Waals surface area contributed by atoms with Gasteiger partial charge in [-0.1, -0.05) is 25.7 Å². The van der Waals surface area contributed by atoms with E-state index in [1.54, 1.807) is 0 Å². The van der Waals surface area contributed by atoms with E-state index in [1.807, 2.05) is 0 Å². The molecule has 1 aliphatic heterocycles. The number of carboxylic acids is 1. The highest BCUT2D eigenvalue weighted by Crippen LogP contribution is 2.39. The molecule has 2 amide bonds. The molecule has 1 heterocycles. The number of carbonyl (C=O) groups excluding carboxylic acids is 2. The Labute approximate surface area is 118 Å². The van der Waals surface area contributed by atoms with Crippen molar-refractivity contribution >= 4 is 17.8 Å². The Hall–Kier alpha value is -1.59. The number of hydrogen-bond acceptors (Lipinski definition) is 3. The Morgan fingerprint density at radius 3 is 2.40 bits per heavy atom. The molecule has 0 atom stereocenters. The maximum absolute atomic E-state index is 12.3. The van der Waals surface area contributed by atoms with E-state index >= 15 is 0 Å². The molecule has 1 saturated carbocycles. The fraction of sp³-hybridized carbons (Fsp3) is 0.786. The van der Waals surface area contributed by atoms with Gasteiger partial charge in [0, 0.05) is 19.5 Å². The van der Waals surface area contributed by atoms with Crippen LogP contribution in [0.15, 0.2) is 0 Å². The molecule has 0 unspecified atom stereocenters. The Morgan fingerprint density at radius 1 is 1.20 bits per heavy atom. The summed E-state index contributed by atoms with van der Waals surface area (Å²) < 4.78 is 0. The maximum atomic E-state index is 12.3. The zero-order chi connectivity index (χ0) is 14.6. The van der Waals surface area contributed by atoms with Crippen LogP contribution in [-0.2, 0) is 14.4 Å². The van der Waals surface area contributed by atoms with E-state index in [0.717, 1.165) is 25.7 Å². The summed E-state index contributed by atoms with van der Waals surface area (Å²) in [6.07, 6.45) is 4.95. The molecule has 0 aromatic rings. The second-order valence-electron chi connectivity index (χ2n) is 5.84. The van der Waals surface area contributed by atoms with Crippen molar-refractivity contribution < 1.29 is 19.5 Å². The molecule has 6 nitrogen and oxygen atoms in total. The molecule has 1 saturated heterocycles. The lowest BCUT2D eigenvalue weighted by atomic mass is 9.77. The van der Waals surface area contributed by atoms with E-state index < -0.39 is 11.4 Å². The van der Waals surface area contributed by atoms with Crippen molar-refractivity contribution in [1.82, 2.24) is 10.2 Å². The predicted molar refractivity (Wildman–Crippen MR) is 72.0 cm³/mol. The summed E-state index contributed by atoms with van der Waals surface area (Å²) >= 11 is 0. The summed E-state index contributed by atoms with van der Waals surface area (Å²) in [7, 11) is 0. The first-order chi connectivity index (χ1) is 9.53. The van der Waals surface area contributed by atoms with Crippen molar-refractivity contribution in [2.75, 3.05) is 19.6 Å². The highest BCUT2D eigenvalue weighted by molar-refractivity contribution is 5.89. The molecule has 0 aromatic heterocycles. The fourth-order valence-electron chi connectivity index (χ4n) is 3.12.